The van der Waals surface area contributed by atoms with E-state index in [-0.39, 0.29) is 53.4 Å². The van der Waals surface area contributed by atoms with Gasteiger partial charge in [0.1, 0.15) is 28.4 Å². The molecule has 0 spiro atoms. The SMILES string of the molecule is CC(NC(=O)OC(C)(C)C)c1oc(-c2ccc(OC(F)F)c(OCC3CC3)c2)nc1CC1(C(=O)O)C=CCC(C)(C(=O)O)C1F. The van der Waals surface area contributed by atoms with Crippen LogP contribution >= 0.6 is 0 Å². The number of amides is 1. The van der Waals surface area contributed by atoms with E-state index < -0.39 is 59.7 Å². The highest BCUT2D eigenvalue weighted by Gasteiger charge is 2.58. The van der Waals surface area contributed by atoms with Crippen molar-refractivity contribution < 1.29 is 56.4 Å². The number of benzene rings is 1. The first-order valence-electron chi connectivity index (χ1n) is 14.4. The van der Waals surface area contributed by atoms with E-state index in [0.29, 0.717) is 0 Å². The summed E-state index contributed by atoms with van der Waals surface area (Å²) in [6, 6.07) is 3.01. The maximum atomic E-state index is 16.1. The monoisotopic (exact) mass is 638 g/mol. The van der Waals surface area contributed by atoms with Crippen LogP contribution in [0.4, 0.5) is 18.0 Å². The molecule has 3 N–H and O–H groups in total. The van der Waals surface area contributed by atoms with Crippen molar-refractivity contribution in [2.45, 2.75) is 84.7 Å². The van der Waals surface area contributed by atoms with Crippen LogP contribution in [-0.4, -0.2) is 58.2 Å². The second-order valence-corrected chi connectivity index (χ2v) is 12.7. The molecule has 1 amide bonds. The third-order valence-corrected chi connectivity index (χ3v) is 7.75. The van der Waals surface area contributed by atoms with Crippen LogP contribution in [0.1, 0.15) is 71.4 Å². The maximum Gasteiger partial charge on any atom is 0.408 e. The Morgan fingerprint density at radius 3 is 2.42 bits per heavy atom. The number of aliphatic carboxylic acids is 2. The molecule has 4 unspecified atom stereocenters. The van der Waals surface area contributed by atoms with E-state index in [0.717, 1.165) is 25.8 Å². The number of aromatic nitrogens is 1. The van der Waals surface area contributed by atoms with Crippen molar-refractivity contribution >= 4 is 18.0 Å². The number of carboxylic acid groups (broad SMARTS) is 2. The molecule has 45 heavy (non-hydrogen) atoms. The minimum absolute atomic E-state index is 0.000745. The molecule has 1 fully saturated rings. The molecule has 246 valence electrons. The van der Waals surface area contributed by atoms with E-state index in [4.69, 9.17) is 13.9 Å². The predicted molar refractivity (Wildman–Crippen MR) is 153 cm³/mol. The van der Waals surface area contributed by atoms with Crippen LogP contribution in [0.5, 0.6) is 11.5 Å². The molecule has 14 heteroatoms. The third-order valence-electron chi connectivity index (χ3n) is 7.75. The fourth-order valence-corrected chi connectivity index (χ4v) is 5.09. The number of rotatable bonds is 12. The fourth-order valence-electron chi connectivity index (χ4n) is 5.09. The van der Waals surface area contributed by atoms with Gasteiger partial charge in [0, 0.05) is 12.0 Å². The first-order valence-corrected chi connectivity index (χ1v) is 14.4. The molecule has 1 saturated carbocycles. The first kappa shape index (κ1) is 33.7. The zero-order valence-electron chi connectivity index (χ0n) is 25.6. The number of carboxylic acids is 2. The molecule has 4 atom stereocenters. The van der Waals surface area contributed by atoms with Gasteiger partial charge in [0.25, 0.3) is 0 Å². The van der Waals surface area contributed by atoms with Gasteiger partial charge < -0.3 is 34.2 Å². The van der Waals surface area contributed by atoms with Crippen LogP contribution in [0, 0.1) is 16.7 Å². The number of nitrogens with zero attached hydrogens (tertiary/aromatic N) is 1. The molecule has 4 rings (SSSR count). The van der Waals surface area contributed by atoms with E-state index in [2.05, 4.69) is 15.0 Å². The van der Waals surface area contributed by atoms with E-state index in [1.165, 1.54) is 31.2 Å². The van der Waals surface area contributed by atoms with Gasteiger partial charge >= 0.3 is 24.6 Å². The topological polar surface area (TPSA) is 157 Å². The van der Waals surface area contributed by atoms with Gasteiger partial charge in [-0.05, 0) is 78.0 Å². The van der Waals surface area contributed by atoms with Crippen LogP contribution in [0.25, 0.3) is 11.5 Å². The standard InChI is InChI=1S/C31H37F3N2O9/c1-16(35-28(41)45-29(2,3)4)22-19(14-31(26(39)40)12-6-11-30(5,24(31)32)25(37)38)36-23(44-22)18-9-10-20(43-27(33)34)21(13-18)42-15-17-7-8-17/h6,9-10,12-13,16-17,24,27H,7-8,11,14-15H2,1-5H3,(H,35,41)(H,37,38)(H,39,40). The molecule has 11 nitrogen and oxygen atoms in total. The molecule has 2 aromatic rings. The van der Waals surface area contributed by atoms with Crippen LogP contribution in [0.3, 0.4) is 0 Å². The highest BCUT2D eigenvalue weighted by molar-refractivity contribution is 5.83. The summed E-state index contributed by atoms with van der Waals surface area (Å²) in [6.07, 6.45) is 0.242. The Kier molecular flexibility index (Phi) is 9.45. The molecular weight excluding hydrogens is 601 g/mol. The number of allylic oxidation sites excluding steroid dienone is 1. The molecule has 2 aliphatic rings. The number of alkyl halides is 3. The first-order chi connectivity index (χ1) is 20.9. The summed E-state index contributed by atoms with van der Waals surface area (Å²) in [6.45, 7) is 4.79. The van der Waals surface area contributed by atoms with Gasteiger partial charge in [0.15, 0.2) is 11.5 Å². The van der Waals surface area contributed by atoms with Crippen molar-refractivity contribution in [3.05, 3.63) is 41.8 Å². The minimum Gasteiger partial charge on any atom is -0.489 e. The Bertz CT molecular complexity index is 1470. The number of carbonyl (C=O) groups excluding carboxylic acids is 1. The molecule has 1 aromatic carbocycles. The number of halogens is 3. The van der Waals surface area contributed by atoms with Gasteiger partial charge in [-0.3, -0.25) is 9.59 Å². The normalized spacial score (nSPS) is 23.8. The Balaban J connectivity index is 1.78. The Morgan fingerprint density at radius 2 is 1.84 bits per heavy atom. The van der Waals surface area contributed by atoms with E-state index >= 15 is 4.39 Å². The largest absolute Gasteiger partial charge is 0.489 e. The highest BCUT2D eigenvalue weighted by Crippen LogP contribution is 2.48. The summed E-state index contributed by atoms with van der Waals surface area (Å²) in [5, 5.41) is 22.7. The Labute approximate surface area is 257 Å². The maximum absolute atomic E-state index is 16.1. The summed E-state index contributed by atoms with van der Waals surface area (Å²) < 4.78 is 63.9. The van der Waals surface area contributed by atoms with Crippen LogP contribution < -0.4 is 14.8 Å². The fraction of sp³-hybridized carbons (Fsp3) is 0.548. The lowest BCUT2D eigenvalue weighted by Gasteiger charge is -2.41. The second-order valence-electron chi connectivity index (χ2n) is 12.7. The number of hydrogen-bond acceptors (Lipinski definition) is 8. The van der Waals surface area contributed by atoms with Crippen molar-refractivity contribution in [3.8, 4) is 23.0 Å². The molecular formula is C31H37F3N2O9. The quantitative estimate of drug-likeness (QED) is 0.225. The lowest BCUT2D eigenvalue weighted by atomic mass is 9.63. The lowest BCUT2D eigenvalue weighted by molar-refractivity contribution is -0.164. The van der Waals surface area contributed by atoms with E-state index in [1.54, 1.807) is 20.8 Å². The Morgan fingerprint density at radius 1 is 1.16 bits per heavy atom. The van der Waals surface area contributed by atoms with E-state index in [9.17, 15) is 33.4 Å². The molecule has 1 aromatic heterocycles. The van der Waals surface area contributed by atoms with Gasteiger partial charge in [-0.1, -0.05) is 12.2 Å². The van der Waals surface area contributed by atoms with Crippen molar-refractivity contribution in [1.82, 2.24) is 10.3 Å². The average molecular weight is 639 g/mol. The van der Waals surface area contributed by atoms with Crippen LogP contribution in [0.15, 0.2) is 34.8 Å². The number of oxazole rings is 1. The second kappa shape index (κ2) is 12.6. The van der Waals surface area contributed by atoms with Gasteiger partial charge in [-0.2, -0.15) is 8.78 Å². The summed E-state index contributed by atoms with van der Waals surface area (Å²) in [5.41, 5.74) is -5.09. The van der Waals surface area contributed by atoms with Gasteiger partial charge in [-0.15, -0.1) is 0 Å². The molecule has 1 heterocycles. The summed E-state index contributed by atoms with van der Waals surface area (Å²) in [7, 11) is 0. The number of nitrogens with one attached hydrogen (secondary N) is 1. The van der Waals surface area contributed by atoms with Crippen LogP contribution in [0.2, 0.25) is 0 Å². The summed E-state index contributed by atoms with van der Waals surface area (Å²) in [5.74, 6) is -3.22. The number of carbonyl (C=O) groups is 3. The average Bonchev–Trinajstić information content (AvgIpc) is 3.66. The van der Waals surface area contributed by atoms with E-state index in [1.807, 2.05) is 0 Å². The number of alkyl carbamates (subject to hydrolysis) is 1. The van der Waals surface area contributed by atoms with Crippen LogP contribution in [-0.2, 0) is 20.7 Å². The number of ether oxygens (including phenoxy) is 3. The summed E-state index contributed by atoms with van der Waals surface area (Å²) in [4.78, 5) is 41.8. The van der Waals surface area contributed by atoms with Crippen molar-refractivity contribution in [2.24, 2.45) is 16.7 Å². The zero-order valence-corrected chi connectivity index (χ0v) is 25.6. The lowest BCUT2D eigenvalue weighted by Crippen LogP contribution is -2.53. The molecule has 0 aliphatic heterocycles. The smallest absolute Gasteiger partial charge is 0.408 e. The summed E-state index contributed by atoms with van der Waals surface area (Å²) >= 11 is 0. The zero-order chi connectivity index (χ0) is 33.3. The highest BCUT2D eigenvalue weighted by atomic mass is 19.3. The van der Waals surface area contributed by atoms with Crippen molar-refractivity contribution in [1.29, 1.82) is 0 Å². The Hall–Kier alpha value is -4.23. The molecule has 0 radical (unpaired) electrons. The van der Waals surface area contributed by atoms with Gasteiger partial charge in [-0.25, -0.2) is 14.2 Å². The minimum atomic E-state index is -3.11. The van der Waals surface area contributed by atoms with Gasteiger partial charge in [0.05, 0.1) is 18.3 Å². The molecule has 0 bridgehead atoms. The predicted octanol–water partition coefficient (Wildman–Crippen LogP) is 6.32. The number of hydrogen-bond donors (Lipinski definition) is 3. The van der Waals surface area contributed by atoms with Crippen molar-refractivity contribution in [3.63, 3.8) is 0 Å². The third kappa shape index (κ3) is 7.54. The van der Waals surface area contributed by atoms with Gasteiger partial charge in [0.2, 0.25) is 5.89 Å². The molecule has 0 saturated heterocycles. The van der Waals surface area contributed by atoms with Crippen molar-refractivity contribution in [2.75, 3.05) is 6.61 Å². The molecule has 2 aliphatic carbocycles.